The van der Waals surface area contributed by atoms with Crippen molar-refractivity contribution in [1.82, 2.24) is 103 Å². The SMILES string of the molecule is CCN(N)C(=O)c1nn[nH]n1.CCN(NC(=O)OC(C)(C)C)C(=O)c1nn[nH]n1.CCNC.CCOC(=O)c1nn[nH]n1.Cl.O=C([O-])c1nn[nH]n1.[K+].[K+].[OH-]. The first-order valence-electron chi connectivity index (χ1n) is 14.5. The Morgan fingerprint density at radius 2 is 1.15 bits per heavy atom. The molecule has 0 radical (unpaired) electrons. The molecule has 4 rings (SSSR count). The normalized spacial score (nSPS) is 9.04. The number of aromatic amines is 4. The Balaban J connectivity index is -0.000000198. The van der Waals surface area contributed by atoms with Gasteiger partial charge in [0.2, 0.25) is 5.82 Å². The van der Waals surface area contributed by atoms with Gasteiger partial charge in [0, 0.05) is 13.1 Å². The molecule has 0 spiro atoms. The number of amides is 3. The number of hydrazine groups is 2. The van der Waals surface area contributed by atoms with Crippen LogP contribution < -0.4 is 124 Å². The molecule has 0 aliphatic carbocycles. The van der Waals surface area contributed by atoms with Crippen LogP contribution in [0.25, 0.3) is 0 Å². The molecular weight excluding hydrogens is 816 g/mol. The zero-order valence-electron chi connectivity index (χ0n) is 31.8. The molecule has 0 fully saturated rings. The number of nitrogens with zero attached hydrogens (tertiary/aromatic N) is 14. The molecule has 0 bridgehead atoms. The largest absolute Gasteiger partial charge is 1.00 e. The minimum Gasteiger partial charge on any atom is -0.870 e. The van der Waals surface area contributed by atoms with E-state index < -0.39 is 41.3 Å². The standard InChI is InChI=1S/C9H16N6O3.C4H8N6O.C4H6N4O2.C3H9N.C2H2N4O2.ClH.2K.H2O/c1-5-15(7(16)6-10-13-14-11-6)12-8(17)18-9(2,3)4;1-2-10(5)4(11)3-6-8-9-7-3;1-2-10-4(9)3-5-7-8-6-3;1-3-4-2;7-2(8)1-3-5-6-4-1;;;;/h5H2,1-4H3,(H,12,17)(H,10,11,13,14);2,5H2,1H3,(H,6,7,8,9);2H2,1H3,(H,5,6,7,8);4H,3H2,1-2H3;(H,7,8)(H,3,4,5,6);1H;;;1H2/q;;;;;;2*+1;/p-2. The van der Waals surface area contributed by atoms with E-state index in [1.807, 2.05) is 12.3 Å². The van der Waals surface area contributed by atoms with Gasteiger partial charge in [0.1, 0.15) is 11.6 Å². The van der Waals surface area contributed by atoms with Crippen LogP contribution in [-0.2, 0) is 9.47 Å². The summed E-state index contributed by atoms with van der Waals surface area (Å²) in [5, 5.41) is 62.9. The van der Waals surface area contributed by atoms with Gasteiger partial charge in [-0.05, 0) is 76.0 Å². The maximum absolute atomic E-state index is 11.8. The molecule has 0 saturated carbocycles. The van der Waals surface area contributed by atoms with E-state index in [0.717, 1.165) is 16.6 Å². The first-order chi connectivity index (χ1) is 24.1. The molecule has 0 aliphatic heterocycles. The van der Waals surface area contributed by atoms with E-state index in [9.17, 15) is 29.1 Å². The third kappa shape index (κ3) is 28.0. The van der Waals surface area contributed by atoms with Gasteiger partial charge in [-0.25, -0.2) is 25.9 Å². The number of aromatic nitrogens is 16. The second-order valence-corrected chi connectivity index (χ2v) is 9.41. The number of carboxylic acid groups (broad SMARTS) is 1. The van der Waals surface area contributed by atoms with Crippen LogP contribution in [0.15, 0.2) is 0 Å². The maximum atomic E-state index is 11.8. The second kappa shape index (κ2) is 35.3. The summed E-state index contributed by atoms with van der Waals surface area (Å²) in [6, 6.07) is 0. The van der Waals surface area contributed by atoms with E-state index in [0.29, 0.717) is 13.2 Å². The zero-order valence-corrected chi connectivity index (χ0v) is 38.9. The number of esters is 1. The van der Waals surface area contributed by atoms with Crippen molar-refractivity contribution >= 4 is 42.3 Å². The number of carboxylic acids is 1. The molecule has 298 valence electrons. The number of hydrogen-bond donors (Lipinski definition) is 7. The van der Waals surface area contributed by atoms with E-state index >= 15 is 0 Å². The molecule has 4 aromatic rings. The van der Waals surface area contributed by atoms with Gasteiger partial charge in [0.15, 0.2) is 0 Å². The van der Waals surface area contributed by atoms with Crippen molar-refractivity contribution < 1.29 is 147 Å². The van der Waals surface area contributed by atoms with Crippen LogP contribution in [0.4, 0.5) is 4.79 Å². The van der Waals surface area contributed by atoms with Crippen LogP contribution in [0.1, 0.15) is 90.9 Å². The molecule has 9 N–H and O–H groups in total. The van der Waals surface area contributed by atoms with Gasteiger partial charge in [-0.3, -0.25) is 14.6 Å². The number of rotatable bonds is 8. The molecule has 0 saturated heterocycles. The Bertz CT molecular complexity index is 1530. The van der Waals surface area contributed by atoms with E-state index in [1.54, 1.807) is 41.5 Å². The van der Waals surface area contributed by atoms with Crippen molar-refractivity contribution in [1.29, 1.82) is 0 Å². The average Bonchev–Trinajstić information content (AvgIpc) is 3.94. The maximum Gasteiger partial charge on any atom is 1.00 e. The van der Waals surface area contributed by atoms with E-state index in [4.69, 9.17) is 10.6 Å². The van der Waals surface area contributed by atoms with Gasteiger partial charge >= 0.3 is 127 Å². The molecule has 55 heavy (non-hydrogen) atoms. The third-order valence-corrected chi connectivity index (χ3v) is 4.55. The summed E-state index contributed by atoms with van der Waals surface area (Å²) >= 11 is 0. The summed E-state index contributed by atoms with van der Waals surface area (Å²) in [6.07, 6.45) is -0.721. The topological polar surface area (TPSA) is 431 Å². The fourth-order valence-corrected chi connectivity index (χ4v) is 2.27. The van der Waals surface area contributed by atoms with Gasteiger partial charge < -0.3 is 30.2 Å². The van der Waals surface area contributed by atoms with Gasteiger partial charge in [0.05, 0.1) is 6.61 Å². The average molecular weight is 858 g/mol. The summed E-state index contributed by atoms with van der Waals surface area (Å²) < 4.78 is 9.59. The second-order valence-electron chi connectivity index (χ2n) is 9.41. The quantitative estimate of drug-likeness (QED) is 0.0284. The Hall–Kier alpha value is -3.13. The molecule has 0 aliphatic rings. The molecular formula is C22H42ClK2N21O9. The molecule has 0 aromatic carbocycles. The molecule has 0 unspecified atom stereocenters. The van der Waals surface area contributed by atoms with Gasteiger partial charge in [-0.2, -0.15) is 20.9 Å². The van der Waals surface area contributed by atoms with Crippen LogP contribution in [0.2, 0.25) is 0 Å². The fraction of sp³-hybridized carbons (Fsp3) is 0.591. The predicted octanol–water partition coefficient (Wildman–Crippen LogP) is -9.94. The fourth-order valence-electron chi connectivity index (χ4n) is 2.27. The number of aromatic carboxylic acids is 1. The predicted molar refractivity (Wildman–Crippen MR) is 173 cm³/mol. The minimum absolute atomic E-state index is 0. The van der Waals surface area contributed by atoms with Crippen molar-refractivity contribution in [2.75, 3.05) is 33.3 Å². The molecule has 3 amide bonds. The van der Waals surface area contributed by atoms with Crippen LogP contribution in [-0.4, -0.2) is 167 Å². The summed E-state index contributed by atoms with van der Waals surface area (Å²) in [6.45, 7) is 14.4. The number of hydrogen-bond acceptors (Lipinski definition) is 23. The third-order valence-electron chi connectivity index (χ3n) is 4.55. The first kappa shape index (κ1) is 61.1. The van der Waals surface area contributed by atoms with Gasteiger partial charge in [-0.15, -0.1) is 53.2 Å². The Kier molecular flexibility index (Phi) is 39.2. The van der Waals surface area contributed by atoms with Crippen molar-refractivity contribution in [3.05, 3.63) is 23.3 Å². The van der Waals surface area contributed by atoms with E-state index in [-0.39, 0.29) is 145 Å². The number of carbonyl (C=O) groups is 5. The zero-order chi connectivity index (χ0) is 38.8. The summed E-state index contributed by atoms with van der Waals surface area (Å²) in [7, 11) is 1.93. The van der Waals surface area contributed by atoms with Crippen LogP contribution in [0, 0.1) is 0 Å². The Morgan fingerprint density at radius 3 is 1.44 bits per heavy atom. The summed E-state index contributed by atoms with van der Waals surface area (Å²) in [5.74, 6) is 1.65. The molecule has 4 aromatic heterocycles. The monoisotopic (exact) mass is 857 g/mol. The first-order valence-corrected chi connectivity index (χ1v) is 14.5. The smallest absolute Gasteiger partial charge is 0.870 e. The molecule has 0 atom stereocenters. The van der Waals surface area contributed by atoms with Crippen LogP contribution in [0.5, 0.6) is 0 Å². The molecule has 33 heteroatoms. The summed E-state index contributed by atoms with van der Waals surface area (Å²) in [4.78, 5) is 54.8. The van der Waals surface area contributed by atoms with Crippen molar-refractivity contribution in [3.63, 3.8) is 0 Å². The van der Waals surface area contributed by atoms with E-state index in [2.05, 4.69) is 99.7 Å². The molecule has 4 heterocycles. The van der Waals surface area contributed by atoms with Gasteiger partial charge in [0.25, 0.3) is 17.5 Å². The van der Waals surface area contributed by atoms with E-state index in [1.165, 1.54) is 0 Å². The number of H-pyrrole nitrogens is 4. The number of nitrogens with one attached hydrogen (secondary N) is 6. The number of halogens is 1. The van der Waals surface area contributed by atoms with Crippen LogP contribution in [0.3, 0.4) is 0 Å². The van der Waals surface area contributed by atoms with Crippen molar-refractivity contribution in [2.45, 2.75) is 54.1 Å². The van der Waals surface area contributed by atoms with Gasteiger partial charge in [-0.1, -0.05) is 6.92 Å². The number of tetrazole rings is 4. The Labute approximate surface area is 403 Å². The number of ether oxygens (including phenoxy) is 2. The Morgan fingerprint density at radius 1 is 0.745 bits per heavy atom. The minimum atomic E-state index is -1.43. The van der Waals surface area contributed by atoms with Crippen molar-refractivity contribution in [2.24, 2.45) is 5.84 Å². The van der Waals surface area contributed by atoms with Crippen LogP contribution >= 0.6 is 12.4 Å². The number of nitrogens with two attached hydrogens (primary N) is 1. The summed E-state index contributed by atoms with van der Waals surface area (Å²) in [5.41, 5.74) is 1.67. The molecule has 30 nitrogen and oxygen atoms in total. The van der Waals surface area contributed by atoms with Crippen molar-refractivity contribution in [3.8, 4) is 0 Å². The number of carbonyl (C=O) groups excluding carboxylic acids is 5.